The van der Waals surface area contributed by atoms with Gasteiger partial charge in [-0.1, -0.05) is 36.5 Å². The summed E-state index contributed by atoms with van der Waals surface area (Å²) in [4.78, 5) is 17.1. The van der Waals surface area contributed by atoms with E-state index in [2.05, 4.69) is 0 Å². The van der Waals surface area contributed by atoms with Crippen molar-refractivity contribution in [3.63, 3.8) is 0 Å². The van der Waals surface area contributed by atoms with Crippen molar-refractivity contribution in [2.45, 2.75) is 0 Å². The van der Waals surface area contributed by atoms with E-state index in [1.54, 1.807) is 17.2 Å². The summed E-state index contributed by atoms with van der Waals surface area (Å²) in [5.41, 5.74) is 3.61. The van der Waals surface area contributed by atoms with Crippen LogP contribution in [0.25, 0.3) is 6.08 Å². The topological polar surface area (TPSA) is 43.8 Å². The van der Waals surface area contributed by atoms with Crippen LogP contribution in [0.2, 0.25) is 0 Å². The Labute approximate surface area is 152 Å². The molecular formula is C20H18N2O2S. The minimum Gasteiger partial charge on any atom is -0.516 e. The molecule has 5 heteroatoms. The number of amides is 1. The highest BCUT2D eigenvalue weighted by Crippen LogP contribution is 2.37. The fourth-order valence-corrected chi connectivity index (χ4v) is 3.10. The minimum atomic E-state index is -0.150. The summed E-state index contributed by atoms with van der Waals surface area (Å²) in [6.07, 6.45) is 4.32. The van der Waals surface area contributed by atoms with E-state index < -0.39 is 0 Å². The Kier molecular flexibility index (Phi) is 4.67. The van der Waals surface area contributed by atoms with Gasteiger partial charge < -0.3 is 10.0 Å². The lowest BCUT2D eigenvalue weighted by Gasteiger charge is -2.32. The van der Waals surface area contributed by atoms with Gasteiger partial charge in [0, 0.05) is 31.5 Å². The molecule has 1 heterocycles. The predicted molar refractivity (Wildman–Crippen MR) is 105 cm³/mol. The Morgan fingerprint density at radius 1 is 1.12 bits per heavy atom. The van der Waals surface area contributed by atoms with Crippen LogP contribution in [0.5, 0.6) is 0 Å². The highest BCUT2D eigenvalue weighted by Gasteiger charge is 2.33. The van der Waals surface area contributed by atoms with Gasteiger partial charge in [-0.25, -0.2) is 0 Å². The lowest BCUT2D eigenvalue weighted by Crippen LogP contribution is -2.36. The quantitative estimate of drug-likeness (QED) is 0.515. The van der Waals surface area contributed by atoms with Gasteiger partial charge in [-0.15, -0.1) is 0 Å². The third-order valence-corrected chi connectivity index (χ3v) is 4.29. The SMILES string of the molecule is CN(C)C=C1C(=O)N(c2ccccc2)c2ccc(C=CO)cc2C1=S. The smallest absolute Gasteiger partial charge is 0.265 e. The number of thiocarbonyl (C=S) groups is 1. The van der Waals surface area contributed by atoms with Gasteiger partial charge in [-0.05, 0) is 35.9 Å². The highest BCUT2D eigenvalue weighted by atomic mass is 32.1. The first-order valence-corrected chi connectivity index (χ1v) is 8.21. The van der Waals surface area contributed by atoms with Gasteiger partial charge in [0.15, 0.2) is 0 Å². The van der Waals surface area contributed by atoms with E-state index in [4.69, 9.17) is 17.3 Å². The number of benzene rings is 2. The van der Waals surface area contributed by atoms with Crippen LogP contribution in [0.1, 0.15) is 11.1 Å². The molecule has 0 unspecified atom stereocenters. The number of hydrogen-bond acceptors (Lipinski definition) is 4. The largest absolute Gasteiger partial charge is 0.516 e. The zero-order valence-electron chi connectivity index (χ0n) is 14.0. The Morgan fingerprint density at radius 2 is 1.84 bits per heavy atom. The molecule has 1 aliphatic rings. The van der Waals surface area contributed by atoms with Crippen molar-refractivity contribution in [2.24, 2.45) is 0 Å². The number of para-hydroxylation sites is 1. The second-order valence-corrected chi connectivity index (χ2v) is 6.31. The highest BCUT2D eigenvalue weighted by molar-refractivity contribution is 7.81. The van der Waals surface area contributed by atoms with Crippen molar-refractivity contribution >= 4 is 40.4 Å². The molecule has 0 fully saturated rings. The number of rotatable bonds is 3. The molecule has 25 heavy (non-hydrogen) atoms. The molecule has 3 rings (SSSR count). The molecular weight excluding hydrogens is 332 g/mol. The standard InChI is InChI=1S/C20H18N2O2S/c1-21(2)13-17-19(25)16-12-14(10-11-23)8-9-18(16)22(20(17)24)15-6-4-3-5-7-15/h3-13,23H,1-2H3. The lowest BCUT2D eigenvalue weighted by atomic mass is 9.94. The number of anilines is 2. The second-order valence-electron chi connectivity index (χ2n) is 5.90. The summed E-state index contributed by atoms with van der Waals surface area (Å²) in [7, 11) is 3.71. The number of aliphatic hydroxyl groups excluding tert-OH is 1. The van der Waals surface area contributed by atoms with Crippen LogP contribution in [-0.2, 0) is 4.79 Å². The molecule has 4 nitrogen and oxygen atoms in total. The average molecular weight is 350 g/mol. The maximum absolute atomic E-state index is 13.1. The average Bonchev–Trinajstić information content (AvgIpc) is 2.60. The molecule has 1 amide bonds. The monoisotopic (exact) mass is 350 g/mol. The van der Waals surface area contributed by atoms with Crippen molar-refractivity contribution in [1.82, 2.24) is 4.90 Å². The summed E-state index contributed by atoms with van der Waals surface area (Å²) >= 11 is 5.60. The molecule has 126 valence electrons. The second kappa shape index (κ2) is 6.91. The number of aliphatic hydroxyl groups is 1. The third kappa shape index (κ3) is 3.19. The number of carbonyl (C=O) groups excluding carboxylic acids is 1. The van der Waals surface area contributed by atoms with Gasteiger partial charge in [-0.3, -0.25) is 9.69 Å². The van der Waals surface area contributed by atoms with Gasteiger partial charge in [0.05, 0.1) is 22.4 Å². The molecule has 0 bridgehead atoms. The van der Waals surface area contributed by atoms with Gasteiger partial charge in [0.25, 0.3) is 5.91 Å². The first-order valence-electron chi connectivity index (χ1n) is 7.80. The van der Waals surface area contributed by atoms with Crippen LogP contribution in [-0.4, -0.2) is 34.9 Å². The molecule has 0 saturated carbocycles. The Bertz CT molecular complexity index is 886. The Hall–Kier alpha value is -2.92. The van der Waals surface area contributed by atoms with Crippen LogP contribution < -0.4 is 4.90 Å². The minimum absolute atomic E-state index is 0.150. The van der Waals surface area contributed by atoms with Gasteiger partial charge in [0.2, 0.25) is 0 Å². The third-order valence-electron chi connectivity index (χ3n) is 3.85. The van der Waals surface area contributed by atoms with Gasteiger partial charge >= 0.3 is 0 Å². The summed E-state index contributed by atoms with van der Waals surface area (Å²) in [6, 6.07) is 15.1. The predicted octanol–water partition coefficient (Wildman–Crippen LogP) is 4.06. The maximum Gasteiger partial charge on any atom is 0.265 e. The van der Waals surface area contributed by atoms with Crippen molar-refractivity contribution in [3.8, 4) is 0 Å². The first-order chi connectivity index (χ1) is 12.0. The summed E-state index contributed by atoms with van der Waals surface area (Å²) in [5.74, 6) is -0.150. The normalized spacial score (nSPS) is 15.8. The fourth-order valence-electron chi connectivity index (χ4n) is 2.80. The van der Waals surface area contributed by atoms with Crippen molar-refractivity contribution in [3.05, 3.63) is 77.7 Å². The fraction of sp³-hybridized carbons (Fsp3) is 0.100. The first kappa shape index (κ1) is 16.9. The van der Waals surface area contributed by atoms with Crippen molar-refractivity contribution in [2.75, 3.05) is 19.0 Å². The molecule has 2 aromatic carbocycles. The van der Waals surface area contributed by atoms with Crippen LogP contribution in [0.3, 0.4) is 0 Å². The van der Waals surface area contributed by atoms with Crippen molar-refractivity contribution < 1.29 is 9.90 Å². The van der Waals surface area contributed by atoms with Crippen LogP contribution >= 0.6 is 12.2 Å². The van der Waals surface area contributed by atoms with E-state index in [9.17, 15) is 4.79 Å². The Balaban J connectivity index is 2.24. The zero-order valence-corrected chi connectivity index (χ0v) is 14.8. The molecule has 0 spiro atoms. The number of nitrogens with zero attached hydrogens (tertiary/aromatic N) is 2. The number of hydrogen-bond donors (Lipinski definition) is 1. The molecule has 1 N–H and O–H groups in total. The summed E-state index contributed by atoms with van der Waals surface area (Å²) in [5, 5.41) is 9.04. The van der Waals surface area contributed by atoms with E-state index in [-0.39, 0.29) is 5.91 Å². The van der Waals surface area contributed by atoms with Gasteiger partial charge in [0.1, 0.15) is 0 Å². The maximum atomic E-state index is 13.1. The zero-order chi connectivity index (χ0) is 18.0. The molecule has 0 aliphatic carbocycles. The van der Waals surface area contributed by atoms with Crippen LogP contribution in [0.4, 0.5) is 11.4 Å². The Morgan fingerprint density at radius 3 is 2.48 bits per heavy atom. The van der Waals surface area contributed by atoms with E-state index in [0.717, 1.165) is 28.8 Å². The van der Waals surface area contributed by atoms with E-state index in [0.29, 0.717) is 10.4 Å². The molecule has 2 aromatic rings. The summed E-state index contributed by atoms with van der Waals surface area (Å²) in [6.45, 7) is 0. The van der Waals surface area contributed by atoms with Crippen LogP contribution in [0.15, 0.2) is 66.6 Å². The number of fused-ring (bicyclic) bond motifs is 1. The molecule has 0 radical (unpaired) electrons. The van der Waals surface area contributed by atoms with E-state index in [1.807, 2.05) is 67.5 Å². The van der Waals surface area contributed by atoms with Crippen LogP contribution in [0, 0.1) is 0 Å². The number of carbonyl (C=O) groups is 1. The molecule has 0 atom stereocenters. The van der Waals surface area contributed by atoms with Gasteiger partial charge in [-0.2, -0.15) is 0 Å². The lowest BCUT2D eigenvalue weighted by molar-refractivity contribution is -0.114. The molecule has 0 saturated heterocycles. The molecule has 0 aromatic heterocycles. The summed E-state index contributed by atoms with van der Waals surface area (Å²) < 4.78 is 0. The van der Waals surface area contributed by atoms with E-state index >= 15 is 0 Å². The van der Waals surface area contributed by atoms with Crippen molar-refractivity contribution in [1.29, 1.82) is 0 Å². The molecule has 1 aliphatic heterocycles. The van der Waals surface area contributed by atoms with E-state index in [1.165, 1.54) is 0 Å².